The number of hydrogen-bond donors (Lipinski definition) is 0. The van der Waals surface area contributed by atoms with Gasteiger partial charge < -0.3 is 4.90 Å². The van der Waals surface area contributed by atoms with Crippen molar-refractivity contribution in [2.45, 2.75) is 0 Å². The summed E-state index contributed by atoms with van der Waals surface area (Å²) in [6.45, 7) is 0.774. The molecule has 0 spiro atoms. The number of allylic oxidation sites excluding steroid dienone is 3. The lowest BCUT2D eigenvalue weighted by molar-refractivity contribution is 0.562. The van der Waals surface area contributed by atoms with E-state index >= 15 is 0 Å². The SMILES string of the molecule is C1=CCN2C(=C1)C(c1ccccc1-c1ccccc1)=CN=C2n1c2ccccc2c2ccccc21. The van der Waals surface area contributed by atoms with Crippen LogP contribution in [0, 0.1) is 0 Å². The highest BCUT2D eigenvalue weighted by molar-refractivity contribution is 6.15. The smallest absolute Gasteiger partial charge is 0.215 e. The molecule has 35 heavy (non-hydrogen) atoms. The molecule has 0 saturated heterocycles. The molecule has 0 bridgehead atoms. The molecule has 5 aromatic rings. The van der Waals surface area contributed by atoms with Crippen molar-refractivity contribution in [3.05, 3.63) is 139 Å². The Kier molecular flexibility index (Phi) is 4.52. The monoisotopic (exact) mass is 449 g/mol. The predicted molar refractivity (Wildman–Crippen MR) is 146 cm³/mol. The van der Waals surface area contributed by atoms with Crippen molar-refractivity contribution in [3.63, 3.8) is 0 Å². The van der Waals surface area contributed by atoms with Crippen LogP contribution >= 0.6 is 0 Å². The van der Waals surface area contributed by atoms with Crippen LogP contribution in [-0.4, -0.2) is 22.0 Å². The van der Waals surface area contributed by atoms with Gasteiger partial charge in [0.1, 0.15) is 0 Å². The molecule has 0 amide bonds. The summed E-state index contributed by atoms with van der Waals surface area (Å²) in [5, 5.41) is 2.49. The fourth-order valence-electron chi connectivity index (χ4n) is 5.31. The van der Waals surface area contributed by atoms with Crippen molar-refractivity contribution in [1.29, 1.82) is 0 Å². The topological polar surface area (TPSA) is 20.5 Å². The number of fused-ring (bicyclic) bond motifs is 4. The zero-order chi connectivity index (χ0) is 23.2. The second kappa shape index (κ2) is 8.00. The minimum Gasteiger partial charge on any atom is -0.307 e. The summed E-state index contributed by atoms with van der Waals surface area (Å²) in [7, 11) is 0. The fourth-order valence-corrected chi connectivity index (χ4v) is 5.31. The van der Waals surface area contributed by atoms with Crippen molar-refractivity contribution in [2.24, 2.45) is 4.99 Å². The summed E-state index contributed by atoms with van der Waals surface area (Å²) in [6.07, 6.45) is 8.60. The van der Waals surface area contributed by atoms with E-state index in [0.29, 0.717) is 0 Å². The molecule has 2 aliphatic heterocycles. The van der Waals surface area contributed by atoms with E-state index in [4.69, 9.17) is 4.99 Å². The Bertz CT molecular complexity index is 1660. The molecule has 0 aliphatic carbocycles. The molecule has 0 saturated carbocycles. The van der Waals surface area contributed by atoms with Crippen molar-refractivity contribution in [1.82, 2.24) is 9.47 Å². The van der Waals surface area contributed by atoms with Crippen LogP contribution in [0.3, 0.4) is 0 Å². The molecule has 3 heterocycles. The Morgan fingerprint density at radius 2 is 1.26 bits per heavy atom. The number of hydrogen-bond acceptors (Lipinski definition) is 2. The van der Waals surface area contributed by atoms with Crippen molar-refractivity contribution in [3.8, 4) is 11.1 Å². The highest BCUT2D eigenvalue weighted by Gasteiger charge is 2.28. The van der Waals surface area contributed by atoms with Gasteiger partial charge in [0.25, 0.3) is 0 Å². The highest BCUT2D eigenvalue weighted by atomic mass is 15.3. The largest absolute Gasteiger partial charge is 0.307 e. The third-order valence-corrected chi connectivity index (χ3v) is 6.88. The zero-order valence-corrected chi connectivity index (χ0v) is 19.2. The molecular formula is C32H23N3. The number of rotatable bonds is 2. The first-order chi connectivity index (χ1) is 17.4. The van der Waals surface area contributed by atoms with E-state index in [1.807, 2.05) is 6.20 Å². The molecule has 0 radical (unpaired) electrons. The molecule has 2 aliphatic rings. The van der Waals surface area contributed by atoms with Crippen molar-refractivity contribution >= 4 is 33.3 Å². The average molecular weight is 450 g/mol. The summed E-state index contributed by atoms with van der Waals surface area (Å²) in [4.78, 5) is 7.45. The van der Waals surface area contributed by atoms with E-state index in [1.54, 1.807) is 0 Å². The molecule has 0 unspecified atom stereocenters. The number of benzene rings is 4. The first-order valence-corrected chi connectivity index (χ1v) is 12.0. The minimum absolute atomic E-state index is 0.774. The second-order valence-electron chi connectivity index (χ2n) is 8.84. The Morgan fingerprint density at radius 3 is 2.00 bits per heavy atom. The lowest BCUT2D eigenvalue weighted by Gasteiger charge is -2.34. The molecule has 3 nitrogen and oxygen atoms in total. The fraction of sp³-hybridized carbons (Fsp3) is 0.0312. The Hall–Kier alpha value is -4.63. The van der Waals surface area contributed by atoms with E-state index in [-0.39, 0.29) is 0 Å². The van der Waals surface area contributed by atoms with E-state index in [2.05, 4.69) is 131 Å². The van der Waals surface area contributed by atoms with Gasteiger partial charge >= 0.3 is 0 Å². The Labute approximate surface area is 204 Å². The quantitative estimate of drug-likeness (QED) is 0.274. The van der Waals surface area contributed by atoms with Gasteiger partial charge in [-0.3, -0.25) is 4.57 Å². The van der Waals surface area contributed by atoms with Gasteiger partial charge in [0, 0.05) is 29.1 Å². The molecular weight excluding hydrogens is 426 g/mol. The van der Waals surface area contributed by atoms with Crippen LogP contribution in [0.4, 0.5) is 0 Å². The number of aromatic nitrogens is 1. The van der Waals surface area contributed by atoms with E-state index in [0.717, 1.165) is 18.1 Å². The van der Waals surface area contributed by atoms with Crippen LogP contribution in [-0.2, 0) is 0 Å². The van der Waals surface area contributed by atoms with E-state index in [9.17, 15) is 0 Å². The Balaban J connectivity index is 1.47. The summed E-state index contributed by atoms with van der Waals surface area (Å²) in [6, 6.07) is 36.4. The van der Waals surface area contributed by atoms with Crippen LogP contribution in [0.25, 0.3) is 38.5 Å². The maximum atomic E-state index is 5.12. The van der Waals surface area contributed by atoms with Gasteiger partial charge in [0.2, 0.25) is 5.96 Å². The van der Waals surface area contributed by atoms with Gasteiger partial charge in [-0.15, -0.1) is 0 Å². The molecule has 0 atom stereocenters. The standard InChI is InChI=1S/C32H23N3/c1-2-12-23(13-3-1)24-14-4-5-15-25(24)28-22-33-32(34-21-11-10-18-29(28)34)35-30-19-8-6-16-26(30)27-17-7-9-20-31(27)35/h1-20,22H,21H2. The van der Waals surface area contributed by atoms with Gasteiger partial charge in [-0.05, 0) is 34.9 Å². The summed E-state index contributed by atoms with van der Waals surface area (Å²) >= 11 is 0. The van der Waals surface area contributed by atoms with Gasteiger partial charge in [-0.25, -0.2) is 4.99 Å². The third-order valence-electron chi connectivity index (χ3n) is 6.88. The molecule has 3 heteroatoms. The Morgan fingerprint density at radius 1 is 0.629 bits per heavy atom. The number of para-hydroxylation sites is 2. The van der Waals surface area contributed by atoms with Gasteiger partial charge in [0.05, 0.1) is 16.7 Å². The molecule has 7 rings (SSSR count). The number of aliphatic imine (C=N–C) groups is 1. The summed E-state index contributed by atoms with van der Waals surface area (Å²) in [5.74, 6) is 0.930. The molecule has 166 valence electrons. The third kappa shape index (κ3) is 3.09. The number of nitrogens with zero attached hydrogens (tertiary/aromatic N) is 3. The molecule has 0 fully saturated rings. The molecule has 1 aromatic heterocycles. The van der Waals surface area contributed by atoms with Crippen LogP contribution in [0.15, 0.2) is 138 Å². The molecule has 4 aromatic carbocycles. The van der Waals surface area contributed by atoms with Crippen molar-refractivity contribution in [2.75, 3.05) is 6.54 Å². The molecule has 0 N–H and O–H groups in total. The minimum atomic E-state index is 0.774. The summed E-state index contributed by atoms with van der Waals surface area (Å²) < 4.78 is 2.30. The normalized spacial score (nSPS) is 15.1. The van der Waals surface area contributed by atoms with Crippen LogP contribution < -0.4 is 0 Å². The van der Waals surface area contributed by atoms with Crippen LogP contribution in [0.5, 0.6) is 0 Å². The zero-order valence-electron chi connectivity index (χ0n) is 19.2. The first kappa shape index (κ1) is 19.8. The van der Waals surface area contributed by atoms with Crippen LogP contribution in [0.1, 0.15) is 5.56 Å². The second-order valence-corrected chi connectivity index (χ2v) is 8.84. The summed E-state index contributed by atoms with van der Waals surface area (Å²) in [5.41, 5.74) is 8.26. The van der Waals surface area contributed by atoms with Crippen LogP contribution in [0.2, 0.25) is 0 Å². The predicted octanol–water partition coefficient (Wildman–Crippen LogP) is 7.48. The van der Waals surface area contributed by atoms with Gasteiger partial charge in [0.15, 0.2) is 0 Å². The maximum Gasteiger partial charge on any atom is 0.215 e. The van der Waals surface area contributed by atoms with Crippen molar-refractivity contribution < 1.29 is 0 Å². The van der Waals surface area contributed by atoms with Gasteiger partial charge in [-0.2, -0.15) is 0 Å². The van der Waals surface area contributed by atoms with Gasteiger partial charge in [-0.1, -0.05) is 103 Å². The lowest BCUT2D eigenvalue weighted by Crippen LogP contribution is -2.38. The van der Waals surface area contributed by atoms with E-state index in [1.165, 1.54) is 44.2 Å². The first-order valence-electron chi connectivity index (χ1n) is 12.0. The van der Waals surface area contributed by atoms with E-state index < -0.39 is 0 Å². The lowest BCUT2D eigenvalue weighted by atomic mass is 9.92. The average Bonchev–Trinajstić information content (AvgIpc) is 3.27. The maximum absolute atomic E-state index is 5.12. The highest BCUT2D eigenvalue weighted by Crippen LogP contribution is 2.38.